The largest absolute Gasteiger partial charge is 0.480 e. The monoisotopic (exact) mass is 486 g/mol. The molecule has 0 spiro atoms. The number of rotatable bonds is 8. The van der Waals surface area contributed by atoms with Crippen LogP contribution in [0.5, 0.6) is 11.9 Å². The van der Waals surface area contributed by atoms with Crippen LogP contribution in [0.4, 0.5) is 13.2 Å². The summed E-state index contributed by atoms with van der Waals surface area (Å²) in [6, 6.07) is 4.45. The summed E-state index contributed by atoms with van der Waals surface area (Å²) in [6.07, 6.45) is -1.84. The third kappa shape index (κ3) is 4.88. The molecule has 0 bridgehead atoms. The van der Waals surface area contributed by atoms with E-state index in [1.807, 2.05) is 0 Å². The maximum Gasteiger partial charge on any atom is 0.416 e. The summed E-state index contributed by atoms with van der Waals surface area (Å²) in [5, 5.41) is 4.89. The van der Waals surface area contributed by atoms with Crippen LogP contribution in [0.3, 0.4) is 0 Å². The van der Waals surface area contributed by atoms with Crippen LogP contribution in [0.15, 0.2) is 24.3 Å². The predicted octanol–water partition coefficient (Wildman–Crippen LogP) is 3.34. The van der Waals surface area contributed by atoms with Crippen molar-refractivity contribution in [1.29, 1.82) is 0 Å². The minimum atomic E-state index is -4.45. The standard InChI is InChI=1S/C20H21F3N4O5S/c1-30-18-15-14(10-32-33(3,28)29)26-27(17(15)24-19(25-18)31-2)16(11-4-5-11)12-6-8-13(9-7-12)20(21,22)23/h6-9,11,16H,4-5,10H2,1-3H3. The number of alkyl halides is 3. The van der Waals surface area contributed by atoms with Crippen LogP contribution in [0.1, 0.15) is 35.7 Å². The van der Waals surface area contributed by atoms with Gasteiger partial charge in [0.25, 0.3) is 10.1 Å². The third-order valence-electron chi connectivity index (χ3n) is 5.27. The molecule has 1 saturated carbocycles. The lowest BCUT2D eigenvalue weighted by Crippen LogP contribution is -2.16. The van der Waals surface area contributed by atoms with Gasteiger partial charge in [-0.15, -0.1) is 0 Å². The predicted molar refractivity (Wildman–Crippen MR) is 110 cm³/mol. The Morgan fingerprint density at radius 2 is 1.79 bits per heavy atom. The molecule has 13 heteroatoms. The summed E-state index contributed by atoms with van der Waals surface area (Å²) in [4.78, 5) is 8.53. The van der Waals surface area contributed by atoms with Crippen molar-refractivity contribution in [1.82, 2.24) is 19.7 Å². The first kappa shape index (κ1) is 23.2. The van der Waals surface area contributed by atoms with E-state index in [2.05, 4.69) is 15.1 Å². The lowest BCUT2D eigenvalue weighted by molar-refractivity contribution is -0.137. The van der Waals surface area contributed by atoms with E-state index >= 15 is 0 Å². The fourth-order valence-electron chi connectivity index (χ4n) is 3.65. The van der Waals surface area contributed by atoms with E-state index in [-0.39, 0.29) is 23.5 Å². The van der Waals surface area contributed by atoms with E-state index in [4.69, 9.17) is 13.7 Å². The van der Waals surface area contributed by atoms with Crippen LogP contribution in [0.25, 0.3) is 11.0 Å². The Hall–Kier alpha value is -2.93. The average Bonchev–Trinajstić information content (AvgIpc) is 3.52. The van der Waals surface area contributed by atoms with E-state index in [0.29, 0.717) is 16.6 Å². The van der Waals surface area contributed by atoms with Gasteiger partial charge >= 0.3 is 12.2 Å². The van der Waals surface area contributed by atoms with E-state index in [9.17, 15) is 21.6 Å². The number of methoxy groups -OCH3 is 2. The minimum Gasteiger partial charge on any atom is -0.480 e. The summed E-state index contributed by atoms with van der Waals surface area (Å²) in [7, 11) is -1.01. The molecule has 1 aliphatic rings. The molecule has 0 saturated heterocycles. The number of halogens is 3. The summed E-state index contributed by atoms with van der Waals surface area (Å²) < 4.78 is 79.3. The van der Waals surface area contributed by atoms with Gasteiger partial charge in [0.1, 0.15) is 17.7 Å². The van der Waals surface area contributed by atoms with Gasteiger partial charge in [-0.2, -0.15) is 36.7 Å². The summed E-state index contributed by atoms with van der Waals surface area (Å²) >= 11 is 0. The topological polar surface area (TPSA) is 105 Å². The van der Waals surface area contributed by atoms with Gasteiger partial charge in [0, 0.05) is 0 Å². The van der Waals surface area contributed by atoms with Crippen LogP contribution in [0.2, 0.25) is 0 Å². The molecule has 1 fully saturated rings. The Bertz CT molecular complexity index is 1270. The van der Waals surface area contributed by atoms with Crippen LogP contribution in [0, 0.1) is 5.92 Å². The molecule has 4 rings (SSSR count). The summed E-state index contributed by atoms with van der Waals surface area (Å²) in [5.41, 5.74) is 0.371. The molecule has 178 valence electrons. The summed E-state index contributed by atoms with van der Waals surface area (Å²) in [6.45, 7) is -0.390. The van der Waals surface area contributed by atoms with Crippen molar-refractivity contribution in [2.75, 3.05) is 20.5 Å². The molecule has 1 unspecified atom stereocenters. The molecule has 1 aliphatic carbocycles. The van der Waals surface area contributed by atoms with Gasteiger partial charge in [-0.3, -0.25) is 4.18 Å². The van der Waals surface area contributed by atoms with Gasteiger partial charge in [-0.05, 0) is 36.5 Å². The molecule has 0 aliphatic heterocycles. The maximum atomic E-state index is 13.0. The van der Waals surface area contributed by atoms with E-state index in [1.54, 1.807) is 4.68 Å². The van der Waals surface area contributed by atoms with Crippen LogP contribution < -0.4 is 9.47 Å². The van der Waals surface area contributed by atoms with Crippen molar-refractivity contribution in [2.45, 2.75) is 31.7 Å². The Kier molecular flexibility index (Phi) is 5.95. The van der Waals surface area contributed by atoms with Gasteiger partial charge in [0.05, 0.1) is 32.1 Å². The first-order valence-corrected chi connectivity index (χ1v) is 11.7. The SMILES string of the molecule is COc1nc(OC)c2c(COS(C)(=O)=O)nn(C(c3ccc(C(F)(F)F)cc3)C3CC3)c2n1. The molecular formula is C20H21F3N4O5S. The third-order valence-corrected chi connectivity index (χ3v) is 5.81. The molecule has 0 radical (unpaired) electrons. The fourth-order valence-corrected chi connectivity index (χ4v) is 3.97. The smallest absolute Gasteiger partial charge is 0.416 e. The second kappa shape index (κ2) is 8.45. The normalized spacial score (nSPS) is 15.6. The molecular weight excluding hydrogens is 465 g/mol. The van der Waals surface area contributed by atoms with Crippen molar-refractivity contribution in [2.24, 2.45) is 5.92 Å². The zero-order valence-electron chi connectivity index (χ0n) is 18.0. The van der Waals surface area contributed by atoms with E-state index < -0.39 is 34.5 Å². The van der Waals surface area contributed by atoms with Crippen molar-refractivity contribution >= 4 is 21.2 Å². The van der Waals surface area contributed by atoms with Gasteiger partial charge in [0.2, 0.25) is 5.88 Å². The molecule has 2 aromatic heterocycles. The second-order valence-corrected chi connectivity index (χ2v) is 9.32. The highest BCUT2D eigenvalue weighted by Gasteiger charge is 2.38. The molecule has 0 N–H and O–H groups in total. The molecule has 1 atom stereocenters. The Balaban J connectivity index is 1.88. The molecule has 1 aromatic carbocycles. The first-order chi connectivity index (χ1) is 15.5. The lowest BCUT2D eigenvalue weighted by Gasteiger charge is -2.19. The Morgan fingerprint density at radius 1 is 1.12 bits per heavy atom. The van der Waals surface area contributed by atoms with Gasteiger partial charge in [0.15, 0.2) is 5.65 Å². The second-order valence-electron chi connectivity index (χ2n) is 7.68. The molecule has 9 nitrogen and oxygen atoms in total. The fraction of sp³-hybridized carbons (Fsp3) is 0.450. The zero-order chi connectivity index (χ0) is 24.0. The highest BCUT2D eigenvalue weighted by molar-refractivity contribution is 7.85. The first-order valence-electron chi connectivity index (χ1n) is 9.90. The minimum absolute atomic E-state index is 0.00181. The number of fused-ring (bicyclic) bond motifs is 1. The van der Waals surface area contributed by atoms with Gasteiger partial charge < -0.3 is 9.47 Å². The Labute approximate surface area is 187 Å². The molecule has 3 aromatic rings. The highest BCUT2D eigenvalue weighted by Crippen LogP contribution is 2.45. The van der Waals surface area contributed by atoms with Crippen molar-refractivity contribution in [3.05, 3.63) is 41.1 Å². The highest BCUT2D eigenvalue weighted by atomic mass is 32.2. The number of ether oxygens (including phenoxy) is 2. The van der Waals surface area contributed by atoms with Crippen LogP contribution in [-0.4, -0.2) is 48.6 Å². The number of aromatic nitrogens is 4. The number of nitrogens with zero attached hydrogens (tertiary/aromatic N) is 4. The number of hydrogen-bond donors (Lipinski definition) is 0. The molecule has 0 amide bonds. The molecule has 33 heavy (non-hydrogen) atoms. The number of hydrogen-bond acceptors (Lipinski definition) is 8. The van der Waals surface area contributed by atoms with Gasteiger partial charge in [-0.25, -0.2) is 4.68 Å². The van der Waals surface area contributed by atoms with Gasteiger partial charge in [-0.1, -0.05) is 12.1 Å². The Morgan fingerprint density at radius 3 is 2.30 bits per heavy atom. The van der Waals surface area contributed by atoms with Crippen molar-refractivity contribution in [3.63, 3.8) is 0 Å². The maximum absolute atomic E-state index is 13.0. The van der Waals surface area contributed by atoms with E-state index in [1.165, 1.54) is 26.4 Å². The quantitative estimate of drug-likeness (QED) is 0.447. The van der Waals surface area contributed by atoms with Crippen LogP contribution >= 0.6 is 0 Å². The lowest BCUT2D eigenvalue weighted by atomic mass is 10.0. The zero-order valence-corrected chi connectivity index (χ0v) is 18.8. The van der Waals surface area contributed by atoms with Crippen LogP contribution in [-0.2, 0) is 27.1 Å². The van der Waals surface area contributed by atoms with E-state index in [0.717, 1.165) is 31.2 Å². The number of benzene rings is 1. The molecule has 2 heterocycles. The van der Waals surface area contributed by atoms with Crippen molar-refractivity contribution < 1.29 is 35.2 Å². The average molecular weight is 486 g/mol. The summed E-state index contributed by atoms with van der Waals surface area (Å²) in [5.74, 6) is 0.220. The van der Waals surface area contributed by atoms with Crippen molar-refractivity contribution in [3.8, 4) is 11.9 Å².